The van der Waals surface area contributed by atoms with Crippen molar-refractivity contribution >= 4 is 16.8 Å². The lowest BCUT2D eigenvalue weighted by Crippen LogP contribution is -2.30. The molecule has 0 fully saturated rings. The van der Waals surface area contributed by atoms with Gasteiger partial charge in [0.2, 0.25) is 0 Å². The quantitative estimate of drug-likeness (QED) is 0.683. The molecule has 2 aromatic carbocycles. The minimum absolute atomic E-state index is 0.207. The van der Waals surface area contributed by atoms with Gasteiger partial charge in [0.1, 0.15) is 0 Å². The molecule has 0 bridgehead atoms. The molecule has 0 amide bonds. The zero-order valence-corrected chi connectivity index (χ0v) is 11.2. The van der Waals surface area contributed by atoms with Gasteiger partial charge in [0.05, 0.1) is 10.9 Å². The van der Waals surface area contributed by atoms with E-state index in [2.05, 4.69) is 4.42 Å². The highest BCUT2D eigenvalue weighted by atomic mass is 16.4. The van der Waals surface area contributed by atoms with E-state index in [0.29, 0.717) is 5.56 Å². The average Bonchev–Trinajstić information content (AvgIpc) is 2.48. The van der Waals surface area contributed by atoms with E-state index >= 15 is 0 Å². The fourth-order valence-electron chi connectivity index (χ4n) is 2.19. The predicted octanol–water partition coefficient (Wildman–Crippen LogP) is 1.95. The van der Waals surface area contributed by atoms with Crippen molar-refractivity contribution in [3.63, 3.8) is 0 Å². The van der Waals surface area contributed by atoms with Crippen molar-refractivity contribution in [3.8, 4) is 0 Å². The molecule has 5 heteroatoms. The van der Waals surface area contributed by atoms with E-state index in [0.717, 1.165) is 10.1 Å². The molecule has 0 saturated carbocycles. The van der Waals surface area contributed by atoms with Crippen molar-refractivity contribution < 1.29 is 9.21 Å². The second-order valence-electron chi connectivity index (χ2n) is 4.68. The van der Waals surface area contributed by atoms with Crippen LogP contribution < -0.4 is 11.4 Å². The number of aryl methyl sites for hydroxylation is 1. The summed E-state index contributed by atoms with van der Waals surface area (Å²) in [5.41, 5.74) is 0.689. The number of hydrogen-bond donors (Lipinski definition) is 0. The van der Waals surface area contributed by atoms with Crippen molar-refractivity contribution in [1.82, 2.24) is 4.57 Å². The van der Waals surface area contributed by atoms with Crippen molar-refractivity contribution in [2.45, 2.75) is 6.92 Å². The van der Waals surface area contributed by atoms with Gasteiger partial charge in [0.15, 0.2) is 0 Å². The minimum atomic E-state index is -0.981. The van der Waals surface area contributed by atoms with Gasteiger partial charge in [-0.1, -0.05) is 29.8 Å². The van der Waals surface area contributed by atoms with Gasteiger partial charge in [-0.25, -0.2) is 14.2 Å². The molecule has 1 heterocycles. The Labute approximate surface area is 119 Å². The zero-order valence-electron chi connectivity index (χ0n) is 11.2. The molecule has 1 aromatic heterocycles. The van der Waals surface area contributed by atoms with Crippen LogP contribution in [0.1, 0.15) is 15.9 Å². The number of hydrogen-bond acceptors (Lipinski definition) is 4. The number of rotatable bonds is 1. The maximum Gasteiger partial charge on any atom is 0.429 e. The molecule has 0 N–H and O–H groups in total. The normalized spacial score (nSPS) is 10.7. The predicted molar refractivity (Wildman–Crippen MR) is 77.7 cm³/mol. The molecule has 3 rings (SSSR count). The van der Waals surface area contributed by atoms with Crippen LogP contribution in [0.4, 0.5) is 0 Å². The summed E-state index contributed by atoms with van der Waals surface area (Å²) in [6.45, 7) is 1.81. The topological polar surface area (TPSA) is 69.3 Å². The first kappa shape index (κ1) is 13.1. The van der Waals surface area contributed by atoms with Crippen LogP contribution in [0.5, 0.6) is 0 Å². The number of nitrogens with zero attached hydrogens (tertiary/aromatic N) is 1. The van der Waals surface area contributed by atoms with Crippen molar-refractivity contribution in [2.75, 3.05) is 0 Å². The van der Waals surface area contributed by atoms with E-state index in [9.17, 15) is 14.4 Å². The van der Waals surface area contributed by atoms with Crippen LogP contribution in [0.2, 0.25) is 0 Å². The van der Waals surface area contributed by atoms with Gasteiger partial charge < -0.3 is 4.42 Å². The summed E-state index contributed by atoms with van der Waals surface area (Å²) in [6, 6.07) is 13.3. The molecule has 0 aliphatic rings. The summed E-state index contributed by atoms with van der Waals surface area (Å²) in [5, 5.41) is 0.207. The molecular formula is C16H11NO4. The summed E-state index contributed by atoms with van der Waals surface area (Å²) in [5.74, 6) is -1.51. The first-order valence-electron chi connectivity index (χ1n) is 6.34. The van der Waals surface area contributed by atoms with Gasteiger partial charge >= 0.3 is 11.4 Å². The molecule has 0 unspecified atom stereocenters. The third kappa shape index (κ3) is 2.18. The number of aromatic nitrogens is 1. The summed E-state index contributed by atoms with van der Waals surface area (Å²) >= 11 is 0. The number of benzene rings is 2. The maximum atomic E-state index is 12.5. The van der Waals surface area contributed by atoms with E-state index in [1.54, 1.807) is 48.5 Å². The van der Waals surface area contributed by atoms with Gasteiger partial charge in [-0.2, -0.15) is 0 Å². The highest BCUT2D eigenvalue weighted by Crippen LogP contribution is 2.12. The molecule has 0 aliphatic carbocycles. The largest absolute Gasteiger partial charge is 0.429 e. The molecule has 0 saturated heterocycles. The maximum absolute atomic E-state index is 12.5. The average molecular weight is 281 g/mol. The van der Waals surface area contributed by atoms with E-state index in [1.807, 2.05) is 6.92 Å². The van der Waals surface area contributed by atoms with E-state index in [4.69, 9.17) is 0 Å². The van der Waals surface area contributed by atoms with E-state index < -0.39 is 17.3 Å². The van der Waals surface area contributed by atoms with Crippen LogP contribution in [0.15, 0.2) is 62.5 Å². The van der Waals surface area contributed by atoms with Crippen LogP contribution in [0.25, 0.3) is 10.9 Å². The Morgan fingerprint density at radius 2 is 1.76 bits per heavy atom. The molecule has 3 aromatic rings. The summed E-state index contributed by atoms with van der Waals surface area (Å²) in [6.07, 6.45) is 0. The highest BCUT2D eigenvalue weighted by Gasteiger charge is 2.17. The van der Waals surface area contributed by atoms with Crippen molar-refractivity contribution in [3.05, 3.63) is 80.6 Å². The first-order valence-corrected chi connectivity index (χ1v) is 6.34. The fraction of sp³-hybridized carbons (Fsp3) is 0.0625. The number of carbonyl (C=O) groups is 1. The van der Waals surface area contributed by atoms with Crippen LogP contribution in [-0.2, 0) is 0 Å². The second-order valence-corrected chi connectivity index (χ2v) is 4.68. The third-order valence-electron chi connectivity index (χ3n) is 3.20. The first-order chi connectivity index (χ1) is 10.1. The summed E-state index contributed by atoms with van der Waals surface area (Å²) in [4.78, 5) is 36.2. The van der Waals surface area contributed by atoms with Crippen LogP contribution in [-0.4, -0.2) is 10.5 Å². The Hall–Kier alpha value is -2.95. The summed E-state index contributed by atoms with van der Waals surface area (Å²) in [7, 11) is 0. The molecule has 0 aliphatic heterocycles. The monoisotopic (exact) mass is 281 g/mol. The SMILES string of the molecule is Cc1ccc2c(c1)c(=O)oc(=O)n2C(=O)c1ccccc1. The van der Waals surface area contributed by atoms with Gasteiger partial charge in [-0.3, -0.25) is 4.79 Å². The number of fused-ring (bicyclic) bond motifs is 1. The Kier molecular flexibility index (Phi) is 3.02. The number of carbonyl (C=O) groups excluding carboxylic acids is 1. The smallest absolute Gasteiger partial charge is 0.372 e. The van der Waals surface area contributed by atoms with Gasteiger partial charge in [-0.05, 0) is 31.2 Å². The Morgan fingerprint density at radius 3 is 2.48 bits per heavy atom. The lowest BCUT2D eigenvalue weighted by Gasteiger charge is -2.07. The van der Waals surface area contributed by atoms with E-state index in [-0.39, 0.29) is 10.9 Å². The van der Waals surface area contributed by atoms with E-state index in [1.165, 1.54) is 0 Å². The van der Waals surface area contributed by atoms with Crippen LogP contribution in [0.3, 0.4) is 0 Å². The molecule has 0 atom stereocenters. The van der Waals surface area contributed by atoms with Gasteiger partial charge in [0.25, 0.3) is 5.91 Å². The molecule has 5 nitrogen and oxygen atoms in total. The molecular weight excluding hydrogens is 270 g/mol. The van der Waals surface area contributed by atoms with Gasteiger partial charge in [-0.15, -0.1) is 0 Å². The van der Waals surface area contributed by atoms with Crippen LogP contribution >= 0.6 is 0 Å². The Balaban J connectivity index is 2.36. The van der Waals surface area contributed by atoms with Crippen LogP contribution in [0, 0.1) is 6.92 Å². The minimum Gasteiger partial charge on any atom is -0.372 e. The van der Waals surface area contributed by atoms with Crippen molar-refractivity contribution in [2.24, 2.45) is 0 Å². The zero-order chi connectivity index (χ0) is 15.0. The van der Waals surface area contributed by atoms with Crippen molar-refractivity contribution in [1.29, 1.82) is 0 Å². The molecule has 104 valence electrons. The third-order valence-corrected chi connectivity index (χ3v) is 3.20. The summed E-state index contributed by atoms with van der Waals surface area (Å²) < 4.78 is 5.53. The molecule has 0 spiro atoms. The standard InChI is InChI=1S/C16H11NO4/c1-10-7-8-13-12(9-10)15(19)21-16(20)17(13)14(18)11-5-3-2-4-6-11/h2-9H,1H3. The highest BCUT2D eigenvalue weighted by molar-refractivity contribution is 6.00. The molecule has 21 heavy (non-hydrogen) atoms. The Bertz CT molecular complexity index is 951. The lowest BCUT2D eigenvalue weighted by atomic mass is 10.1. The second kappa shape index (κ2) is 4.86. The lowest BCUT2D eigenvalue weighted by molar-refractivity contribution is 0.0951. The Morgan fingerprint density at radius 1 is 1.05 bits per heavy atom. The van der Waals surface area contributed by atoms with Gasteiger partial charge in [0, 0.05) is 5.56 Å². The fourth-order valence-corrected chi connectivity index (χ4v) is 2.19. The molecule has 0 radical (unpaired) electrons.